The van der Waals surface area contributed by atoms with E-state index in [0.29, 0.717) is 24.6 Å². The van der Waals surface area contributed by atoms with Crippen LogP contribution in [0.3, 0.4) is 0 Å². The van der Waals surface area contributed by atoms with E-state index in [-0.39, 0.29) is 5.91 Å². The van der Waals surface area contributed by atoms with E-state index in [1.54, 1.807) is 0 Å². The van der Waals surface area contributed by atoms with Crippen LogP contribution in [0.5, 0.6) is 5.75 Å². The van der Waals surface area contributed by atoms with Gasteiger partial charge in [-0.2, -0.15) is 0 Å². The van der Waals surface area contributed by atoms with Crippen LogP contribution < -0.4 is 4.74 Å². The highest BCUT2D eigenvalue weighted by molar-refractivity contribution is 6.30. The van der Waals surface area contributed by atoms with Crippen LogP contribution in [0.4, 0.5) is 0 Å². The van der Waals surface area contributed by atoms with E-state index in [0.717, 1.165) is 31.9 Å². The Morgan fingerprint density at radius 1 is 0.839 bits per heavy atom. The van der Waals surface area contributed by atoms with Gasteiger partial charge in [-0.25, -0.2) is 0 Å². The minimum atomic E-state index is 0.212. The van der Waals surface area contributed by atoms with Crippen molar-refractivity contribution in [2.75, 3.05) is 32.8 Å². The van der Waals surface area contributed by atoms with Crippen molar-refractivity contribution in [3.63, 3.8) is 0 Å². The molecule has 0 aromatic heterocycles. The lowest BCUT2D eigenvalue weighted by molar-refractivity contribution is -0.130. The number of nitrogens with zero attached hydrogens (tertiary/aromatic N) is 2. The largest absolute Gasteiger partial charge is 0.492 e. The fourth-order valence-electron chi connectivity index (χ4n) is 3.89. The molecule has 5 heteroatoms. The zero-order valence-corrected chi connectivity index (χ0v) is 18.3. The molecule has 0 spiro atoms. The van der Waals surface area contributed by atoms with Gasteiger partial charge in [0.05, 0.1) is 0 Å². The zero-order valence-electron chi connectivity index (χ0n) is 17.5. The van der Waals surface area contributed by atoms with Gasteiger partial charge in [-0.05, 0) is 41.0 Å². The van der Waals surface area contributed by atoms with Crippen molar-refractivity contribution in [2.45, 2.75) is 13.0 Å². The molecule has 1 amide bonds. The van der Waals surface area contributed by atoms with E-state index in [9.17, 15) is 4.79 Å². The zero-order chi connectivity index (χ0) is 21.5. The summed E-state index contributed by atoms with van der Waals surface area (Å²) in [6.07, 6.45) is 0.536. The first kappa shape index (κ1) is 21.4. The van der Waals surface area contributed by atoms with E-state index in [2.05, 4.69) is 35.2 Å². The molecule has 1 aliphatic heterocycles. The first-order valence-corrected chi connectivity index (χ1v) is 11.1. The molecule has 4 rings (SSSR count). The van der Waals surface area contributed by atoms with Crippen molar-refractivity contribution in [1.29, 1.82) is 0 Å². The van der Waals surface area contributed by atoms with Gasteiger partial charge >= 0.3 is 0 Å². The number of hydrogen-bond donors (Lipinski definition) is 0. The Bertz CT molecular complexity index is 992. The predicted molar refractivity (Wildman–Crippen MR) is 125 cm³/mol. The normalized spacial score (nSPS) is 15.0. The summed E-state index contributed by atoms with van der Waals surface area (Å²) in [5.74, 6) is 1.03. The third kappa shape index (κ3) is 5.87. The molecule has 4 nitrogen and oxygen atoms in total. The molecule has 1 fully saturated rings. The summed E-state index contributed by atoms with van der Waals surface area (Å²) < 4.78 is 5.82. The Hall–Kier alpha value is -2.82. The molecule has 0 atom stereocenters. The smallest absolute Gasteiger partial charge is 0.224 e. The Labute approximate surface area is 189 Å². The van der Waals surface area contributed by atoms with Crippen LogP contribution in [0.25, 0.3) is 11.1 Å². The van der Waals surface area contributed by atoms with Crippen molar-refractivity contribution in [3.05, 3.63) is 89.4 Å². The Morgan fingerprint density at radius 2 is 1.58 bits per heavy atom. The molecule has 1 saturated heterocycles. The van der Waals surface area contributed by atoms with E-state index in [1.165, 1.54) is 16.7 Å². The molecule has 0 radical (unpaired) electrons. The molecule has 1 aliphatic rings. The second kappa shape index (κ2) is 10.5. The van der Waals surface area contributed by atoms with E-state index >= 15 is 0 Å². The van der Waals surface area contributed by atoms with Gasteiger partial charge in [0, 0.05) is 44.2 Å². The minimum absolute atomic E-state index is 0.212. The van der Waals surface area contributed by atoms with Crippen LogP contribution in [0, 0.1) is 0 Å². The third-order valence-electron chi connectivity index (χ3n) is 5.63. The van der Waals surface area contributed by atoms with E-state index in [1.807, 2.05) is 53.4 Å². The Kier molecular flexibility index (Phi) is 7.23. The summed E-state index contributed by atoms with van der Waals surface area (Å²) in [6.45, 7) is 4.36. The second-order valence-electron chi connectivity index (χ2n) is 7.73. The fourth-order valence-corrected chi connectivity index (χ4v) is 4.01. The SMILES string of the molecule is O=C1CCN(CCOc2ccc(Cl)cc2)CCN1Cc1ccccc1-c1ccccc1. The quantitative estimate of drug-likeness (QED) is 0.517. The highest BCUT2D eigenvalue weighted by Gasteiger charge is 2.21. The molecule has 0 unspecified atom stereocenters. The van der Waals surface area contributed by atoms with Gasteiger partial charge in [0.2, 0.25) is 5.91 Å². The maximum absolute atomic E-state index is 12.8. The molecule has 31 heavy (non-hydrogen) atoms. The fraction of sp³-hybridized carbons (Fsp3) is 0.269. The third-order valence-corrected chi connectivity index (χ3v) is 5.89. The Balaban J connectivity index is 1.34. The lowest BCUT2D eigenvalue weighted by Gasteiger charge is -2.23. The molecule has 3 aromatic carbocycles. The second-order valence-corrected chi connectivity index (χ2v) is 8.17. The van der Waals surface area contributed by atoms with Gasteiger partial charge in [-0.1, -0.05) is 66.2 Å². The molecule has 160 valence electrons. The van der Waals surface area contributed by atoms with Crippen LogP contribution in [-0.2, 0) is 11.3 Å². The molecule has 0 N–H and O–H groups in total. The standard InChI is InChI=1S/C26H27ClN2O2/c27-23-10-12-24(13-11-23)31-19-18-28-15-14-26(30)29(17-16-28)20-22-8-4-5-9-25(22)21-6-2-1-3-7-21/h1-13H,14-20H2. The number of hydrogen-bond acceptors (Lipinski definition) is 3. The van der Waals surface area contributed by atoms with Crippen molar-refractivity contribution in [3.8, 4) is 16.9 Å². The highest BCUT2D eigenvalue weighted by Crippen LogP contribution is 2.25. The van der Waals surface area contributed by atoms with Gasteiger partial charge in [-0.3, -0.25) is 9.69 Å². The summed E-state index contributed by atoms with van der Waals surface area (Å²) in [4.78, 5) is 17.1. The van der Waals surface area contributed by atoms with Crippen LogP contribution in [0.15, 0.2) is 78.9 Å². The molecule has 3 aromatic rings. The monoisotopic (exact) mass is 434 g/mol. The number of carbonyl (C=O) groups excluding carboxylic acids is 1. The average molecular weight is 435 g/mol. The minimum Gasteiger partial charge on any atom is -0.492 e. The van der Waals surface area contributed by atoms with E-state index < -0.39 is 0 Å². The number of amides is 1. The summed E-state index contributed by atoms with van der Waals surface area (Å²) in [6, 6.07) is 26.1. The average Bonchev–Trinajstić information content (AvgIpc) is 2.98. The molecular formula is C26H27ClN2O2. The number of rotatable bonds is 7. The summed E-state index contributed by atoms with van der Waals surface area (Å²) in [5.41, 5.74) is 3.55. The summed E-state index contributed by atoms with van der Waals surface area (Å²) in [5, 5.41) is 0.701. The number of carbonyl (C=O) groups is 1. The maximum atomic E-state index is 12.8. The maximum Gasteiger partial charge on any atom is 0.224 e. The highest BCUT2D eigenvalue weighted by atomic mass is 35.5. The molecule has 0 aliphatic carbocycles. The molecule has 0 bridgehead atoms. The first-order chi connectivity index (χ1) is 15.2. The van der Waals surface area contributed by atoms with Crippen LogP contribution >= 0.6 is 11.6 Å². The molecular weight excluding hydrogens is 408 g/mol. The van der Waals surface area contributed by atoms with Crippen molar-refractivity contribution in [1.82, 2.24) is 9.80 Å². The van der Waals surface area contributed by atoms with Crippen LogP contribution in [0.1, 0.15) is 12.0 Å². The first-order valence-electron chi connectivity index (χ1n) is 10.7. The number of ether oxygens (including phenoxy) is 1. The summed E-state index contributed by atoms with van der Waals surface area (Å²) in [7, 11) is 0. The molecule has 0 saturated carbocycles. The lowest BCUT2D eigenvalue weighted by atomic mass is 9.99. The Morgan fingerprint density at radius 3 is 2.39 bits per heavy atom. The van der Waals surface area contributed by atoms with Gasteiger partial charge < -0.3 is 9.64 Å². The van der Waals surface area contributed by atoms with Crippen LogP contribution in [0.2, 0.25) is 5.02 Å². The molecule has 1 heterocycles. The van der Waals surface area contributed by atoms with E-state index in [4.69, 9.17) is 16.3 Å². The van der Waals surface area contributed by atoms with Crippen molar-refractivity contribution < 1.29 is 9.53 Å². The van der Waals surface area contributed by atoms with Gasteiger partial charge in [-0.15, -0.1) is 0 Å². The summed E-state index contributed by atoms with van der Waals surface area (Å²) >= 11 is 5.92. The van der Waals surface area contributed by atoms with Crippen molar-refractivity contribution in [2.24, 2.45) is 0 Å². The van der Waals surface area contributed by atoms with Crippen LogP contribution in [-0.4, -0.2) is 48.5 Å². The topological polar surface area (TPSA) is 32.8 Å². The lowest BCUT2D eigenvalue weighted by Crippen LogP contribution is -2.34. The number of benzene rings is 3. The van der Waals surface area contributed by atoms with Gasteiger partial charge in [0.1, 0.15) is 12.4 Å². The van der Waals surface area contributed by atoms with Gasteiger partial charge in [0.25, 0.3) is 0 Å². The van der Waals surface area contributed by atoms with Gasteiger partial charge in [0.15, 0.2) is 0 Å². The number of halogens is 1. The van der Waals surface area contributed by atoms with Crippen molar-refractivity contribution >= 4 is 17.5 Å². The predicted octanol–water partition coefficient (Wildman–Crippen LogP) is 5.12.